The Labute approximate surface area is 192 Å². The van der Waals surface area contributed by atoms with Gasteiger partial charge in [-0.1, -0.05) is 23.7 Å². The van der Waals surface area contributed by atoms with Gasteiger partial charge in [-0.25, -0.2) is 9.07 Å². The van der Waals surface area contributed by atoms with E-state index in [1.165, 1.54) is 18.2 Å². The quantitative estimate of drug-likeness (QED) is 0.303. The molecule has 0 amide bonds. The lowest BCUT2D eigenvalue weighted by molar-refractivity contribution is 0.306. The standard InChI is InChI=1S/C25H16ClFN2O4/c26-17-5-7-18(8-6-17)29-13-16(12-28-29)14-31-19-9-10-20-23(11-19)32-15-24(25(20)30)33-22-4-2-1-3-21(22)27/h1-13,15H,14H2. The summed E-state index contributed by atoms with van der Waals surface area (Å²) in [7, 11) is 0. The second-order valence-corrected chi connectivity index (χ2v) is 7.61. The molecule has 5 rings (SSSR count). The molecule has 0 saturated heterocycles. The van der Waals surface area contributed by atoms with Gasteiger partial charge in [0.2, 0.25) is 11.2 Å². The van der Waals surface area contributed by atoms with E-state index in [1.807, 2.05) is 18.3 Å². The number of rotatable bonds is 6. The average molecular weight is 463 g/mol. The number of aromatic nitrogens is 2. The Bertz CT molecular complexity index is 1490. The summed E-state index contributed by atoms with van der Waals surface area (Å²) in [6, 6.07) is 18.0. The third-order valence-corrected chi connectivity index (χ3v) is 5.16. The minimum atomic E-state index is -0.569. The number of benzene rings is 3. The van der Waals surface area contributed by atoms with Crippen LogP contribution in [0.5, 0.6) is 17.2 Å². The third kappa shape index (κ3) is 4.44. The van der Waals surface area contributed by atoms with E-state index in [1.54, 1.807) is 47.3 Å². The van der Waals surface area contributed by atoms with Crippen molar-refractivity contribution in [2.75, 3.05) is 0 Å². The molecule has 5 aromatic rings. The van der Waals surface area contributed by atoms with Crippen LogP contribution in [0.3, 0.4) is 0 Å². The van der Waals surface area contributed by atoms with Crippen LogP contribution in [0.15, 0.2) is 94.6 Å². The monoisotopic (exact) mass is 462 g/mol. The first-order valence-electron chi connectivity index (χ1n) is 9.97. The molecule has 0 unspecified atom stereocenters. The van der Waals surface area contributed by atoms with Gasteiger partial charge >= 0.3 is 0 Å². The van der Waals surface area contributed by atoms with Crippen LogP contribution in [0.4, 0.5) is 4.39 Å². The normalized spacial score (nSPS) is 11.0. The van der Waals surface area contributed by atoms with E-state index in [0.717, 1.165) is 17.5 Å². The van der Waals surface area contributed by atoms with E-state index < -0.39 is 11.2 Å². The van der Waals surface area contributed by atoms with Crippen LogP contribution in [0.25, 0.3) is 16.7 Å². The van der Waals surface area contributed by atoms with E-state index in [2.05, 4.69) is 5.10 Å². The molecule has 3 aromatic carbocycles. The Hall–Kier alpha value is -4.10. The molecule has 0 bridgehead atoms. The van der Waals surface area contributed by atoms with Crippen LogP contribution >= 0.6 is 11.6 Å². The second kappa shape index (κ2) is 8.80. The van der Waals surface area contributed by atoms with Gasteiger partial charge in [0.25, 0.3) is 0 Å². The Morgan fingerprint density at radius 2 is 1.85 bits per heavy atom. The van der Waals surface area contributed by atoms with Crippen LogP contribution in [0.1, 0.15) is 5.56 Å². The molecule has 0 N–H and O–H groups in total. The Morgan fingerprint density at radius 1 is 1.03 bits per heavy atom. The molecule has 2 aromatic heterocycles. The number of para-hydroxylation sites is 1. The van der Waals surface area contributed by atoms with Crippen LogP contribution in [0.2, 0.25) is 5.02 Å². The van der Waals surface area contributed by atoms with Crippen LogP contribution in [-0.4, -0.2) is 9.78 Å². The summed E-state index contributed by atoms with van der Waals surface area (Å²) in [6.45, 7) is 0.276. The van der Waals surface area contributed by atoms with Gasteiger partial charge in [-0.15, -0.1) is 0 Å². The van der Waals surface area contributed by atoms with Crippen molar-refractivity contribution in [3.05, 3.63) is 112 Å². The van der Waals surface area contributed by atoms with Crippen LogP contribution in [-0.2, 0) is 6.61 Å². The molecule has 164 valence electrons. The van der Waals surface area contributed by atoms with Gasteiger partial charge in [-0.3, -0.25) is 4.79 Å². The maximum Gasteiger partial charge on any atom is 0.235 e. The van der Waals surface area contributed by atoms with Gasteiger partial charge in [0.15, 0.2) is 11.6 Å². The summed E-state index contributed by atoms with van der Waals surface area (Å²) in [5, 5.41) is 5.29. The highest BCUT2D eigenvalue weighted by atomic mass is 35.5. The molecule has 33 heavy (non-hydrogen) atoms. The molecule has 8 heteroatoms. The Kier molecular flexibility index (Phi) is 5.54. The Balaban J connectivity index is 1.31. The lowest BCUT2D eigenvalue weighted by atomic mass is 10.2. The van der Waals surface area contributed by atoms with Gasteiger partial charge in [0.05, 0.1) is 17.3 Å². The van der Waals surface area contributed by atoms with Gasteiger partial charge in [0, 0.05) is 22.8 Å². The molecule has 6 nitrogen and oxygen atoms in total. The first kappa shape index (κ1) is 20.8. The van der Waals surface area contributed by atoms with Crippen LogP contribution < -0.4 is 14.9 Å². The van der Waals surface area contributed by atoms with Crippen molar-refractivity contribution in [2.24, 2.45) is 0 Å². The number of halogens is 2. The van der Waals surface area contributed by atoms with Gasteiger partial charge in [-0.2, -0.15) is 5.10 Å². The first-order valence-corrected chi connectivity index (χ1v) is 10.3. The van der Waals surface area contributed by atoms with E-state index in [4.69, 9.17) is 25.5 Å². The summed E-state index contributed by atoms with van der Waals surface area (Å²) >= 11 is 5.93. The number of fused-ring (bicyclic) bond motifs is 1. The van der Waals surface area contributed by atoms with Gasteiger partial charge in [0.1, 0.15) is 24.2 Å². The highest BCUT2D eigenvalue weighted by molar-refractivity contribution is 6.30. The molecule has 0 atom stereocenters. The fourth-order valence-corrected chi connectivity index (χ4v) is 3.36. The highest BCUT2D eigenvalue weighted by Gasteiger charge is 2.12. The zero-order valence-electron chi connectivity index (χ0n) is 17.1. The zero-order valence-corrected chi connectivity index (χ0v) is 17.8. The van der Waals surface area contributed by atoms with E-state index in [0.29, 0.717) is 21.7 Å². The van der Waals surface area contributed by atoms with Crippen LogP contribution in [0, 0.1) is 5.82 Å². The molecule has 0 saturated carbocycles. The van der Waals surface area contributed by atoms with Gasteiger partial charge in [-0.05, 0) is 48.5 Å². The summed E-state index contributed by atoms with van der Waals surface area (Å²) in [4.78, 5) is 12.7. The maximum absolute atomic E-state index is 13.8. The molecule has 0 radical (unpaired) electrons. The van der Waals surface area contributed by atoms with E-state index >= 15 is 0 Å². The van der Waals surface area contributed by atoms with Crippen molar-refractivity contribution in [3.8, 4) is 22.9 Å². The third-order valence-electron chi connectivity index (χ3n) is 4.90. The van der Waals surface area contributed by atoms with Crippen molar-refractivity contribution in [1.82, 2.24) is 9.78 Å². The SMILES string of the molecule is O=c1c(Oc2ccccc2F)coc2cc(OCc3cnn(-c4ccc(Cl)cc4)c3)ccc12. The van der Waals surface area contributed by atoms with E-state index in [9.17, 15) is 9.18 Å². The Morgan fingerprint density at radius 3 is 2.67 bits per heavy atom. The molecule has 0 aliphatic carbocycles. The minimum absolute atomic E-state index is 0.0525. The molecule has 2 heterocycles. The maximum atomic E-state index is 13.8. The second-order valence-electron chi connectivity index (χ2n) is 7.18. The molecule has 0 aliphatic rings. The highest BCUT2D eigenvalue weighted by Crippen LogP contribution is 2.26. The molecule has 0 spiro atoms. The summed E-state index contributed by atoms with van der Waals surface area (Å²) in [5.41, 5.74) is 1.66. The smallest absolute Gasteiger partial charge is 0.235 e. The number of hydrogen-bond donors (Lipinski definition) is 0. The fraction of sp³-hybridized carbons (Fsp3) is 0.0400. The van der Waals surface area contributed by atoms with Gasteiger partial charge < -0.3 is 13.9 Å². The van der Waals surface area contributed by atoms with Crippen molar-refractivity contribution in [3.63, 3.8) is 0 Å². The van der Waals surface area contributed by atoms with Crippen molar-refractivity contribution in [1.29, 1.82) is 0 Å². The first-order chi connectivity index (χ1) is 16.1. The minimum Gasteiger partial charge on any atom is -0.489 e. The topological polar surface area (TPSA) is 66.5 Å². The lowest BCUT2D eigenvalue weighted by Gasteiger charge is -2.08. The van der Waals surface area contributed by atoms with Crippen molar-refractivity contribution >= 4 is 22.6 Å². The molecular formula is C25H16ClFN2O4. The van der Waals surface area contributed by atoms with Crippen molar-refractivity contribution < 1.29 is 18.3 Å². The molecule has 0 aliphatic heterocycles. The number of hydrogen-bond acceptors (Lipinski definition) is 5. The zero-order chi connectivity index (χ0) is 22.8. The summed E-state index contributed by atoms with van der Waals surface area (Å²) in [5.74, 6) is -0.202. The molecule has 0 fully saturated rings. The predicted molar refractivity (Wildman–Crippen MR) is 122 cm³/mol. The summed E-state index contributed by atoms with van der Waals surface area (Å²) in [6.07, 6.45) is 4.73. The largest absolute Gasteiger partial charge is 0.489 e. The lowest BCUT2D eigenvalue weighted by Crippen LogP contribution is -2.05. The van der Waals surface area contributed by atoms with E-state index in [-0.39, 0.29) is 18.1 Å². The fourth-order valence-electron chi connectivity index (χ4n) is 3.23. The summed E-state index contributed by atoms with van der Waals surface area (Å²) < 4.78 is 32.3. The predicted octanol–water partition coefficient (Wildman–Crippen LogP) is 6.14. The molecular weight excluding hydrogens is 447 g/mol. The average Bonchev–Trinajstić information content (AvgIpc) is 3.30. The van der Waals surface area contributed by atoms with Crippen molar-refractivity contribution in [2.45, 2.75) is 6.61 Å². The number of nitrogens with zero attached hydrogens (tertiary/aromatic N) is 2. The number of ether oxygens (including phenoxy) is 2.